The highest BCUT2D eigenvalue weighted by molar-refractivity contribution is 5.93. The maximum absolute atomic E-state index is 12.6. The summed E-state index contributed by atoms with van der Waals surface area (Å²) >= 11 is 0. The highest BCUT2D eigenvalue weighted by Gasteiger charge is 2.36. The standard InChI is InChI=1S/C23H19N3O5/c1-3-9-29-20(27)12-17-16-11-14(15-6-8-19(24)26-13-15)5-7-18(16)31-22(25)21(17)23(28)30-10-4-2/h1-2,5-8,11,13,17H,9-10,12,25H2,(H2,24,26). The van der Waals surface area contributed by atoms with Gasteiger partial charge in [-0.2, -0.15) is 0 Å². The van der Waals surface area contributed by atoms with E-state index in [-0.39, 0.29) is 31.1 Å². The van der Waals surface area contributed by atoms with Crippen LogP contribution in [0.4, 0.5) is 5.82 Å². The number of benzene rings is 1. The zero-order valence-electron chi connectivity index (χ0n) is 16.5. The first-order valence-electron chi connectivity index (χ1n) is 9.17. The van der Waals surface area contributed by atoms with Crippen LogP contribution >= 0.6 is 0 Å². The predicted octanol–water partition coefficient (Wildman–Crippen LogP) is 1.72. The molecule has 0 spiro atoms. The molecule has 0 saturated heterocycles. The third-order valence-electron chi connectivity index (χ3n) is 4.53. The molecule has 8 nitrogen and oxygen atoms in total. The first kappa shape index (κ1) is 21.3. The molecule has 1 aromatic carbocycles. The lowest BCUT2D eigenvalue weighted by atomic mass is 9.84. The second-order valence-corrected chi connectivity index (χ2v) is 6.51. The van der Waals surface area contributed by atoms with E-state index in [9.17, 15) is 9.59 Å². The van der Waals surface area contributed by atoms with Crippen LogP contribution in [-0.4, -0.2) is 30.1 Å². The van der Waals surface area contributed by atoms with E-state index in [2.05, 4.69) is 16.8 Å². The molecule has 2 aromatic rings. The van der Waals surface area contributed by atoms with Crippen LogP contribution in [0.5, 0.6) is 5.75 Å². The fourth-order valence-corrected chi connectivity index (χ4v) is 3.16. The Kier molecular flexibility index (Phi) is 6.44. The number of hydrogen-bond donors (Lipinski definition) is 2. The van der Waals surface area contributed by atoms with Gasteiger partial charge in [0.25, 0.3) is 0 Å². The van der Waals surface area contributed by atoms with Crippen molar-refractivity contribution in [1.82, 2.24) is 4.98 Å². The molecular formula is C23H19N3O5. The maximum atomic E-state index is 12.6. The smallest absolute Gasteiger partial charge is 0.341 e. The van der Waals surface area contributed by atoms with Crippen LogP contribution in [0.2, 0.25) is 0 Å². The van der Waals surface area contributed by atoms with Gasteiger partial charge in [-0.25, -0.2) is 9.78 Å². The summed E-state index contributed by atoms with van der Waals surface area (Å²) in [6.45, 7) is -0.448. The van der Waals surface area contributed by atoms with Gasteiger partial charge in [0.15, 0.2) is 13.2 Å². The number of pyridine rings is 1. The predicted molar refractivity (Wildman–Crippen MR) is 113 cm³/mol. The number of aromatic nitrogens is 1. The number of nitrogens with two attached hydrogens (primary N) is 2. The summed E-state index contributed by atoms with van der Waals surface area (Å²) in [5.41, 5.74) is 13.7. The van der Waals surface area contributed by atoms with Gasteiger partial charge in [0.2, 0.25) is 5.88 Å². The molecular weight excluding hydrogens is 398 g/mol. The minimum absolute atomic E-state index is 0.0204. The van der Waals surface area contributed by atoms with E-state index in [0.29, 0.717) is 17.1 Å². The Morgan fingerprint density at radius 3 is 2.45 bits per heavy atom. The lowest BCUT2D eigenvalue weighted by molar-refractivity contribution is -0.142. The summed E-state index contributed by atoms with van der Waals surface area (Å²) in [4.78, 5) is 29.1. The SMILES string of the molecule is C#CCOC(=O)CC1C(C(=O)OCC#C)=C(N)Oc2ccc(-c3ccc(N)nc3)cc21. The summed E-state index contributed by atoms with van der Waals surface area (Å²) in [6.07, 6.45) is 11.7. The van der Waals surface area contributed by atoms with Crippen LogP contribution in [0, 0.1) is 24.7 Å². The van der Waals surface area contributed by atoms with E-state index < -0.39 is 17.9 Å². The van der Waals surface area contributed by atoms with Gasteiger partial charge in [0, 0.05) is 23.2 Å². The van der Waals surface area contributed by atoms with Crippen LogP contribution in [0.25, 0.3) is 11.1 Å². The van der Waals surface area contributed by atoms with Crippen LogP contribution < -0.4 is 16.2 Å². The second kappa shape index (κ2) is 9.38. The third-order valence-corrected chi connectivity index (χ3v) is 4.53. The molecule has 156 valence electrons. The molecule has 3 rings (SSSR count). The number of rotatable bonds is 6. The van der Waals surface area contributed by atoms with Gasteiger partial charge in [-0.3, -0.25) is 4.79 Å². The Bertz CT molecular complexity index is 1120. The molecule has 1 aliphatic heterocycles. The molecule has 0 amide bonds. The molecule has 4 N–H and O–H groups in total. The number of carbonyl (C=O) groups is 2. The van der Waals surface area contributed by atoms with Crippen LogP contribution in [0.15, 0.2) is 48.0 Å². The van der Waals surface area contributed by atoms with Crippen molar-refractivity contribution in [2.24, 2.45) is 5.73 Å². The number of terminal acetylenes is 2. The summed E-state index contributed by atoms with van der Waals surface area (Å²) in [5.74, 6) is 2.86. The number of hydrogen-bond acceptors (Lipinski definition) is 8. The van der Waals surface area contributed by atoms with E-state index in [0.717, 1.165) is 11.1 Å². The number of ether oxygens (including phenoxy) is 3. The lowest BCUT2D eigenvalue weighted by Crippen LogP contribution is -2.28. The number of carbonyl (C=O) groups excluding carboxylic acids is 2. The number of nitrogens with zero attached hydrogens (tertiary/aromatic N) is 1. The Labute approximate surface area is 179 Å². The Balaban J connectivity index is 2.04. The fraction of sp³-hybridized carbons (Fsp3) is 0.174. The maximum Gasteiger partial charge on any atom is 0.341 e. The van der Waals surface area contributed by atoms with Crippen molar-refractivity contribution in [2.75, 3.05) is 18.9 Å². The van der Waals surface area contributed by atoms with Crippen LogP contribution in [-0.2, 0) is 19.1 Å². The van der Waals surface area contributed by atoms with Gasteiger partial charge in [-0.05, 0) is 29.8 Å². The Morgan fingerprint density at radius 2 is 1.77 bits per heavy atom. The topological polar surface area (TPSA) is 127 Å². The average molecular weight is 417 g/mol. The van der Waals surface area contributed by atoms with Crippen molar-refractivity contribution in [2.45, 2.75) is 12.3 Å². The molecule has 2 heterocycles. The Morgan fingerprint density at radius 1 is 1.06 bits per heavy atom. The molecule has 31 heavy (non-hydrogen) atoms. The number of esters is 2. The van der Waals surface area contributed by atoms with E-state index >= 15 is 0 Å². The minimum atomic E-state index is -0.791. The Hall–Kier alpha value is -4.43. The summed E-state index contributed by atoms with van der Waals surface area (Å²) in [6, 6.07) is 8.74. The van der Waals surface area contributed by atoms with Crippen molar-refractivity contribution < 1.29 is 23.8 Å². The summed E-state index contributed by atoms with van der Waals surface area (Å²) in [5, 5.41) is 0. The number of nitrogen functional groups attached to an aromatic ring is 1. The molecule has 0 bridgehead atoms. The lowest BCUT2D eigenvalue weighted by Gasteiger charge is -2.28. The molecule has 1 aromatic heterocycles. The molecule has 0 radical (unpaired) electrons. The van der Waals surface area contributed by atoms with Crippen molar-refractivity contribution in [3.63, 3.8) is 0 Å². The highest BCUT2D eigenvalue weighted by Crippen LogP contribution is 2.42. The highest BCUT2D eigenvalue weighted by atomic mass is 16.5. The molecule has 1 aliphatic rings. The van der Waals surface area contributed by atoms with E-state index in [1.807, 2.05) is 0 Å². The van der Waals surface area contributed by atoms with Gasteiger partial charge in [-0.15, -0.1) is 12.8 Å². The molecule has 1 unspecified atom stereocenters. The van der Waals surface area contributed by atoms with Gasteiger partial charge in [-0.1, -0.05) is 17.9 Å². The van der Waals surface area contributed by atoms with E-state index in [4.69, 9.17) is 38.5 Å². The van der Waals surface area contributed by atoms with Crippen molar-refractivity contribution in [3.8, 4) is 41.6 Å². The first-order chi connectivity index (χ1) is 14.9. The quantitative estimate of drug-likeness (QED) is 0.537. The van der Waals surface area contributed by atoms with Crippen molar-refractivity contribution >= 4 is 17.8 Å². The summed E-state index contributed by atoms with van der Waals surface area (Å²) in [7, 11) is 0. The number of fused-ring (bicyclic) bond motifs is 1. The first-order valence-corrected chi connectivity index (χ1v) is 9.17. The van der Waals surface area contributed by atoms with Crippen LogP contribution in [0.1, 0.15) is 17.9 Å². The van der Waals surface area contributed by atoms with Gasteiger partial charge >= 0.3 is 11.9 Å². The molecule has 0 saturated carbocycles. The minimum Gasteiger partial charge on any atom is -0.452 e. The number of anilines is 1. The van der Waals surface area contributed by atoms with Gasteiger partial charge < -0.3 is 25.7 Å². The monoisotopic (exact) mass is 417 g/mol. The van der Waals surface area contributed by atoms with Crippen molar-refractivity contribution in [3.05, 3.63) is 53.5 Å². The zero-order chi connectivity index (χ0) is 22.4. The summed E-state index contributed by atoms with van der Waals surface area (Å²) < 4.78 is 15.7. The fourth-order valence-electron chi connectivity index (χ4n) is 3.16. The average Bonchev–Trinajstić information content (AvgIpc) is 2.76. The van der Waals surface area contributed by atoms with Gasteiger partial charge in [0.1, 0.15) is 17.1 Å². The van der Waals surface area contributed by atoms with Crippen LogP contribution in [0.3, 0.4) is 0 Å². The molecule has 1 atom stereocenters. The van der Waals surface area contributed by atoms with E-state index in [1.165, 1.54) is 0 Å². The van der Waals surface area contributed by atoms with E-state index in [1.54, 1.807) is 36.5 Å². The van der Waals surface area contributed by atoms with Crippen molar-refractivity contribution in [1.29, 1.82) is 0 Å². The zero-order valence-corrected chi connectivity index (χ0v) is 16.5. The normalized spacial score (nSPS) is 14.5. The molecule has 0 aliphatic carbocycles. The molecule has 8 heteroatoms. The van der Waals surface area contributed by atoms with Gasteiger partial charge in [0.05, 0.1) is 6.42 Å². The largest absolute Gasteiger partial charge is 0.452 e. The third kappa shape index (κ3) is 4.77. The second-order valence-electron chi connectivity index (χ2n) is 6.51. The molecule has 0 fully saturated rings.